The van der Waals surface area contributed by atoms with E-state index in [9.17, 15) is 13.6 Å². The summed E-state index contributed by atoms with van der Waals surface area (Å²) in [5, 5.41) is 0. The molecule has 0 fully saturated rings. The molecule has 0 saturated carbocycles. The van der Waals surface area contributed by atoms with Gasteiger partial charge in [-0.2, -0.15) is 0 Å². The summed E-state index contributed by atoms with van der Waals surface area (Å²) in [6.07, 6.45) is 1.88. The summed E-state index contributed by atoms with van der Waals surface area (Å²) in [6, 6.07) is 11.4. The summed E-state index contributed by atoms with van der Waals surface area (Å²) in [7, 11) is 0. The van der Waals surface area contributed by atoms with E-state index < -0.39 is 0 Å². The number of Topliss-reactive ketones (excluding diaryl/α,β-unsaturated/α-hetero) is 1. The summed E-state index contributed by atoms with van der Waals surface area (Å²) in [5.74, 6) is -0.978. The van der Waals surface area contributed by atoms with Gasteiger partial charge < -0.3 is 0 Å². The number of hydrogen-bond donors (Lipinski definition) is 0. The first-order chi connectivity index (χ1) is 9.60. The Bertz CT molecular complexity index is 600. The summed E-state index contributed by atoms with van der Waals surface area (Å²) >= 11 is 0. The lowest BCUT2D eigenvalue weighted by molar-refractivity contribution is 0.0978. The number of ketones is 1. The molecule has 1 nitrogen and oxygen atoms in total. The molecule has 0 saturated heterocycles. The highest BCUT2D eigenvalue weighted by molar-refractivity contribution is 5.96. The molecule has 2 aromatic carbocycles. The molecule has 1 atom stereocenters. The zero-order valence-electron chi connectivity index (χ0n) is 10.9. The van der Waals surface area contributed by atoms with Crippen LogP contribution in [0.4, 0.5) is 8.78 Å². The van der Waals surface area contributed by atoms with E-state index in [0.29, 0.717) is 5.56 Å². The highest BCUT2D eigenvalue weighted by atomic mass is 19.1. The van der Waals surface area contributed by atoms with Crippen molar-refractivity contribution in [1.29, 1.82) is 0 Å². The van der Waals surface area contributed by atoms with Crippen molar-refractivity contribution in [3.8, 4) is 0 Å². The first-order valence-corrected chi connectivity index (χ1v) is 6.27. The van der Waals surface area contributed by atoms with Crippen molar-refractivity contribution in [3.63, 3.8) is 0 Å². The van der Waals surface area contributed by atoms with Gasteiger partial charge in [-0.05, 0) is 42.0 Å². The Morgan fingerprint density at radius 1 is 1.00 bits per heavy atom. The molecule has 0 aliphatic heterocycles. The minimum atomic E-state index is -0.375. The average molecular weight is 272 g/mol. The van der Waals surface area contributed by atoms with Crippen LogP contribution in [0.25, 0.3) is 0 Å². The fourth-order valence-corrected chi connectivity index (χ4v) is 2.00. The number of carbonyl (C=O) groups is 1. The van der Waals surface area contributed by atoms with Gasteiger partial charge in [0.15, 0.2) is 5.78 Å². The molecule has 0 aromatic heterocycles. The van der Waals surface area contributed by atoms with Crippen LogP contribution in [-0.2, 0) is 0 Å². The van der Waals surface area contributed by atoms with Crippen molar-refractivity contribution in [2.24, 2.45) is 0 Å². The summed E-state index contributed by atoms with van der Waals surface area (Å²) < 4.78 is 25.7. The third-order valence-electron chi connectivity index (χ3n) is 3.15. The van der Waals surface area contributed by atoms with Crippen molar-refractivity contribution in [2.75, 3.05) is 0 Å². The van der Waals surface area contributed by atoms with Crippen molar-refractivity contribution in [1.82, 2.24) is 0 Å². The van der Waals surface area contributed by atoms with Crippen molar-refractivity contribution >= 4 is 5.78 Å². The first-order valence-electron chi connectivity index (χ1n) is 6.27. The van der Waals surface area contributed by atoms with E-state index in [-0.39, 0.29) is 29.8 Å². The first kappa shape index (κ1) is 14.1. The molecule has 0 bridgehead atoms. The van der Waals surface area contributed by atoms with Gasteiger partial charge in [-0.3, -0.25) is 4.79 Å². The zero-order valence-corrected chi connectivity index (χ0v) is 10.9. The third kappa shape index (κ3) is 3.38. The minimum absolute atomic E-state index is 0.0979. The van der Waals surface area contributed by atoms with Crippen LogP contribution in [0.5, 0.6) is 0 Å². The number of halogens is 2. The Labute approximate surface area is 116 Å². The molecular formula is C17H14F2O. The Kier molecular flexibility index (Phi) is 4.41. The van der Waals surface area contributed by atoms with E-state index in [4.69, 9.17) is 0 Å². The molecule has 2 rings (SSSR count). The molecule has 0 radical (unpaired) electrons. The molecule has 0 aliphatic carbocycles. The van der Waals surface area contributed by atoms with Crippen molar-refractivity contribution in [3.05, 3.63) is 83.9 Å². The van der Waals surface area contributed by atoms with Crippen LogP contribution in [-0.4, -0.2) is 5.78 Å². The summed E-state index contributed by atoms with van der Waals surface area (Å²) in [6.45, 7) is 3.71. The van der Waals surface area contributed by atoms with E-state index in [1.807, 2.05) is 0 Å². The van der Waals surface area contributed by atoms with Gasteiger partial charge in [0, 0.05) is 17.9 Å². The number of hydrogen-bond acceptors (Lipinski definition) is 1. The molecule has 20 heavy (non-hydrogen) atoms. The summed E-state index contributed by atoms with van der Waals surface area (Å²) in [4.78, 5) is 12.1. The number of carbonyl (C=O) groups excluding carboxylic acids is 1. The van der Waals surface area contributed by atoms with E-state index >= 15 is 0 Å². The normalized spacial score (nSPS) is 11.9. The predicted octanol–water partition coefficient (Wildman–Crippen LogP) is 4.51. The van der Waals surface area contributed by atoms with Gasteiger partial charge in [-0.15, -0.1) is 6.58 Å². The largest absolute Gasteiger partial charge is 0.294 e. The van der Waals surface area contributed by atoms with Gasteiger partial charge in [-0.1, -0.05) is 18.2 Å². The molecule has 102 valence electrons. The molecule has 0 amide bonds. The highest BCUT2D eigenvalue weighted by Gasteiger charge is 2.14. The smallest absolute Gasteiger partial charge is 0.163 e. The molecule has 2 aromatic rings. The second-order valence-electron chi connectivity index (χ2n) is 4.53. The molecule has 3 heteroatoms. The Morgan fingerprint density at radius 3 is 2.00 bits per heavy atom. The standard InChI is InChI=1S/C17H14F2O/c1-2-12(13-3-7-15(18)8-4-13)11-17(20)14-5-9-16(19)10-6-14/h2-10,12H,1,11H2/t12-/m1/s1. The van der Waals surface area contributed by atoms with E-state index in [0.717, 1.165) is 5.56 Å². The lowest BCUT2D eigenvalue weighted by Crippen LogP contribution is -2.06. The SMILES string of the molecule is C=C[C@H](CC(=O)c1ccc(F)cc1)c1ccc(F)cc1. The number of rotatable bonds is 5. The molecule has 0 aliphatic rings. The number of benzene rings is 2. The number of allylic oxidation sites excluding steroid dienone is 1. The van der Waals surface area contributed by atoms with Crippen LogP contribution < -0.4 is 0 Å². The predicted molar refractivity (Wildman–Crippen MR) is 74.7 cm³/mol. The molecule has 0 spiro atoms. The second-order valence-corrected chi connectivity index (χ2v) is 4.53. The van der Waals surface area contributed by atoms with Crippen LogP contribution in [0.15, 0.2) is 61.2 Å². The van der Waals surface area contributed by atoms with Crippen molar-refractivity contribution in [2.45, 2.75) is 12.3 Å². The van der Waals surface area contributed by atoms with Crippen LogP contribution in [0.2, 0.25) is 0 Å². The van der Waals surface area contributed by atoms with Gasteiger partial charge >= 0.3 is 0 Å². The molecule has 0 N–H and O–H groups in total. The second kappa shape index (κ2) is 6.24. The maximum absolute atomic E-state index is 12.9. The fraction of sp³-hybridized carbons (Fsp3) is 0.118. The van der Waals surface area contributed by atoms with Crippen LogP contribution in [0, 0.1) is 11.6 Å². The molecule has 0 unspecified atom stereocenters. The fourth-order valence-electron chi connectivity index (χ4n) is 2.00. The van der Waals surface area contributed by atoms with Crippen LogP contribution in [0.3, 0.4) is 0 Å². The van der Waals surface area contributed by atoms with Gasteiger partial charge in [0.1, 0.15) is 11.6 Å². The minimum Gasteiger partial charge on any atom is -0.294 e. The topological polar surface area (TPSA) is 17.1 Å². The van der Waals surface area contributed by atoms with Gasteiger partial charge in [-0.25, -0.2) is 8.78 Å². The lowest BCUT2D eigenvalue weighted by atomic mass is 9.92. The monoisotopic (exact) mass is 272 g/mol. The molecule has 0 heterocycles. The average Bonchev–Trinajstić information content (AvgIpc) is 2.46. The van der Waals surface area contributed by atoms with Crippen LogP contribution >= 0.6 is 0 Å². The third-order valence-corrected chi connectivity index (χ3v) is 3.15. The zero-order chi connectivity index (χ0) is 14.5. The van der Waals surface area contributed by atoms with Gasteiger partial charge in [0.2, 0.25) is 0 Å². The van der Waals surface area contributed by atoms with Gasteiger partial charge in [0.25, 0.3) is 0 Å². The van der Waals surface area contributed by atoms with E-state index in [2.05, 4.69) is 6.58 Å². The Morgan fingerprint density at radius 2 is 1.50 bits per heavy atom. The Hall–Kier alpha value is -2.29. The lowest BCUT2D eigenvalue weighted by Gasteiger charge is -2.12. The maximum Gasteiger partial charge on any atom is 0.163 e. The highest BCUT2D eigenvalue weighted by Crippen LogP contribution is 2.23. The van der Waals surface area contributed by atoms with Crippen LogP contribution in [0.1, 0.15) is 28.3 Å². The van der Waals surface area contributed by atoms with Gasteiger partial charge in [0.05, 0.1) is 0 Å². The van der Waals surface area contributed by atoms with E-state index in [1.54, 1.807) is 18.2 Å². The maximum atomic E-state index is 12.9. The quantitative estimate of drug-likeness (QED) is 0.578. The summed E-state index contributed by atoms with van der Waals surface area (Å²) in [5.41, 5.74) is 1.29. The molecular weight excluding hydrogens is 258 g/mol. The van der Waals surface area contributed by atoms with E-state index in [1.165, 1.54) is 36.4 Å². The Balaban J connectivity index is 2.13. The van der Waals surface area contributed by atoms with Crippen molar-refractivity contribution < 1.29 is 13.6 Å².